The van der Waals surface area contributed by atoms with Crippen LogP contribution in [0.15, 0.2) is 18.2 Å². The highest BCUT2D eigenvalue weighted by atomic mass is 16.5. The number of hydrogen-bond acceptors (Lipinski definition) is 3. The lowest BCUT2D eigenvalue weighted by Gasteiger charge is -2.11. The van der Waals surface area contributed by atoms with E-state index in [-0.39, 0.29) is 0 Å². The SMILES string of the molecule is CNCCCC1COc2cccc(OC)c21. The predicted octanol–water partition coefficient (Wildman–Crippen LogP) is 2.17. The molecule has 2 rings (SSSR count). The Morgan fingerprint density at radius 2 is 2.38 bits per heavy atom. The molecule has 1 N–H and O–H groups in total. The van der Waals surface area contributed by atoms with Gasteiger partial charge < -0.3 is 14.8 Å². The zero-order valence-corrected chi connectivity index (χ0v) is 9.95. The fourth-order valence-electron chi connectivity index (χ4n) is 2.26. The van der Waals surface area contributed by atoms with Gasteiger partial charge in [0.1, 0.15) is 11.5 Å². The highest BCUT2D eigenvalue weighted by Crippen LogP contribution is 2.42. The number of hydrogen-bond donors (Lipinski definition) is 1. The number of fused-ring (bicyclic) bond motifs is 1. The van der Waals surface area contributed by atoms with Crippen LogP contribution < -0.4 is 14.8 Å². The van der Waals surface area contributed by atoms with Crippen LogP contribution in [-0.2, 0) is 0 Å². The minimum Gasteiger partial charge on any atom is -0.496 e. The molecular weight excluding hydrogens is 202 g/mol. The molecule has 0 amide bonds. The van der Waals surface area contributed by atoms with Crippen molar-refractivity contribution in [2.75, 3.05) is 27.3 Å². The van der Waals surface area contributed by atoms with Crippen LogP contribution in [0.1, 0.15) is 24.3 Å². The van der Waals surface area contributed by atoms with Crippen LogP contribution in [0.5, 0.6) is 11.5 Å². The van der Waals surface area contributed by atoms with Crippen molar-refractivity contribution < 1.29 is 9.47 Å². The van der Waals surface area contributed by atoms with Gasteiger partial charge in [-0.3, -0.25) is 0 Å². The van der Waals surface area contributed by atoms with E-state index in [1.807, 2.05) is 25.2 Å². The molecule has 0 fully saturated rings. The normalized spacial score (nSPS) is 18.0. The second-order valence-electron chi connectivity index (χ2n) is 4.13. The summed E-state index contributed by atoms with van der Waals surface area (Å²) in [4.78, 5) is 0. The van der Waals surface area contributed by atoms with E-state index in [4.69, 9.17) is 9.47 Å². The lowest BCUT2D eigenvalue weighted by Crippen LogP contribution is -2.10. The van der Waals surface area contributed by atoms with Crippen molar-refractivity contribution in [2.45, 2.75) is 18.8 Å². The van der Waals surface area contributed by atoms with Gasteiger partial charge in [0, 0.05) is 11.5 Å². The molecule has 1 unspecified atom stereocenters. The summed E-state index contributed by atoms with van der Waals surface area (Å²) >= 11 is 0. The first-order valence-corrected chi connectivity index (χ1v) is 5.81. The number of rotatable bonds is 5. The molecule has 1 aromatic carbocycles. The Bertz CT molecular complexity index is 352. The molecule has 1 aliphatic heterocycles. The molecule has 1 aliphatic rings. The summed E-state index contributed by atoms with van der Waals surface area (Å²) in [6, 6.07) is 6.02. The first-order valence-electron chi connectivity index (χ1n) is 5.81. The van der Waals surface area contributed by atoms with Crippen molar-refractivity contribution >= 4 is 0 Å². The van der Waals surface area contributed by atoms with Gasteiger partial charge in [-0.2, -0.15) is 0 Å². The summed E-state index contributed by atoms with van der Waals surface area (Å²) in [6.45, 7) is 1.85. The molecule has 0 saturated heterocycles. The Morgan fingerprint density at radius 1 is 1.50 bits per heavy atom. The molecule has 3 nitrogen and oxygen atoms in total. The lowest BCUT2D eigenvalue weighted by molar-refractivity contribution is 0.322. The highest BCUT2D eigenvalue weighted by molar-refractivity contribution is 5.49. The van der Waals surface area contributed by atoms with Crippen molar-refractivity contribution in [1.29, 1.82) is 0 Å². The molecule has 0 aromatic heterocycles. The maximum atomic E-state index is 5.68. The highest BCUT2D eigenvalue weighted by Gasteiger charge is 2.27. The standard InChI is InChI=1S/C13H19NO2/c1-14-8-4-5-10-9-16-12-7-3-6-11(15-2)13(10)12/h3,6-7,10,14H,4-5,8-9H2,1-2H3. The summed E-state index contributed by atoms with van der Waals surface area (Å²) in [5, 5.41) is 3.17. The van der Waals surface area contributed by atoms with E-state index >= 15 is 0 Å². The van der Waals surface area contributed by atoms with Crippen molar-refractivity contribution in [3.8, 4) is 11.5 Å². The summed E-state index contributed by atoms with van der Waals surface area (Å²) < 4.78 is 11.1. The van der Waals surface area contributed by atoms with Crippen molar-refractivity contribution in [3.05, 3.63) is 23.8 Å². The maximum Gasteiger partial charge on any atom is 0.126 e. The Hall–Kier alpha value is -1.22. The van der Waals surface area contributed by atoms with Crippen LogP contribution in [0.25, 0.3) is 0 Å². The van der Waals surface area contributed by atoms with E-state index in [2.05, 4.69) is 5.32 Å². The summed E-state index contributed by atoms with van der Waals surface area (Å²) in [5.41, 5.74) is 1.25. The average Bonchev–Trinajstić information content (AvgIpc) is 2.73. The molecular formula is C13H19NO2. The van der Waals surface area contributed by atoms with Gasteiger partial charge in [0.25, 0.3) is 0 Å². The monoisotopic (exact) mass is 221 g/mol. The van der Waals surface area contributed by atoms with Gasteiger partial charge in [-0.05, 0) is 38.6 Å². The van der Waals surface area contributed by atoms with Crippen LogP contribution >= 0.6 is 0 Å². The zero-order chi connectivity index (χ0) is 11.4. The van der Waals surface area contributed by atoms with Crippen LogP contribution in [-0.4, -0.2) is 27.3 Å². The molecule has 1 atom stereocenters. The van der Waals surface area contributed by atoms with Gasteiger partial charge >= 0.3 is 0 Å². The topological polar surface area (TPSA) is 30.5 Å². The van der Waals surface area contributed by atoms with E-state index in [1.165, 1.54) is 12.0 Å². The number of ether oxygens (including phenoxy) is 2. The fourth-order valence-corrected chi connectivity index (χ4v) is 2.26. The zero-order valence-electron chi connectivity index (χ0n) is 9.95. The third-order valence-electron chi connectivity index (χ3n) is 3.07. The average molecular weight is 221 g/mol. The molecule has 88 valence electrons. The molecule has 0 saturated carbocycles. The van der Waals surface area contributed by atoms with Gasteiger partial charge in [0.2, 0.25) is 0 Å². The number of nitrogens with one attached hydrogen (secondary N) is 1. The molecule has 0 radical (unpaired) electrons. The van der Waals surface area contributed by atoms with Crippen molar-refractivity contribution in [1.82, 2.24) is 5.32 Å². The second kappa shape index (κ2) is 5.21. The number of benzene rings is 1. The van der Waals surface area contributed by atoms with E-state index in [0.717, 1.165) is 31.1 Å². The smallest absolute Gasteiger partial charge is 0.126 e. The van der Waals surface area contributed by atoms with Crippen LogP contribution in [0.2, 0.25) is 0 Å². The third-order valence-corrected chi connectivity index (χ3v) is 3.07. The van der Waals surface area contributed by atoms with Crippen molar-refractivity contribution in [3.63, 3.8) is 0 Å². The van der Waals surface area contributed by atoms with Gasteiger partial charge in [-0.25, -0.2) is 0 Å². The molecule has 1 aromatic rings. The first-order chi connectivity index (χ1) is 7.86. The predicted molar refractivity (Wildman–Crippen MR) is 64.4 cm³/mol. The van der Waals surface area contributed by atoms with Crippen LogP contribution in [0, 0.1) is 0 Å². The summed E-state index contributed by atoms with van der Waals surface area (Å²) in [5.74, 6) is 2.44. The summed E-state index contributed by atoms with van der Waals surface area (Å²) in [6.07, 6.45) is 2.32. The molecule has 1 heterocycles. The molecule has 16 heavy (non-hydrogen) atoms. The Balaban J connectivity index is 2.11. The molecule has 3 heteroatoms. The second-order valence-corrected chi connectivity index (χ2v) is 4.13. The van der Waals surface area contributed by atoms with Crippen LogP contribution in [0.3, 0.4) is 0 Å². The van der Waals surface area contributed by atoms with Gasteiger partial charge in [-0.1, -0.05) is 6.07 Å². The Kier molecular flexibility index (Phi) is 3.67. The lowest BCUT2D eigenvalue weighted by atomic mass is 9.95. The van der Waals surface area contributed by atoms with Gasteiger partial charge in [0.05, 0.1) is 13.7 Å². The first kappa shape index (κ1) is 11.3. The Morgan fingerprint density at radius 3 is 3.12 bits per heavy atom. The van der Waals surface area contributed by atoms with Crippen LogP contribution in [0.4, 0.5) is 0 Å². The molecule has 0 spiro atoms. The van der Waals surface area contributed by atoms with E-state index in [0.29, 0.717) is 5.92 Å². The summed E-state index contributed by atoms with van der Waals surface area (Å²) in [7, 11) is 3.71. The van der Waals surface area contributed by atoms with E-state index in [9.17, 15) is 0 Å². The minimum atomic E-state index is 0.486. The molecule has 0 aliphatic carbocycles. The van der Waals surface area contributed by atoms with Crippen molar-refractivity contribution in [2.24, 2.45) is 0 Å². The largest absolute Gasteiger partial charge is 0.496 e. The van der Waals surface area contributed by atoms with Gasteiger partial charge in [0.15, 0.2) is 0 Å². The maximum absolute atomic E-state index is 5.68. The van der Waals surface area contributed by atoms with E-state index < -0.39 is 0 Å². The third kappa shape index (κ3) is 2.14. The Labute approximate surface area is 96.8 Å². The quantitative estimate of drug-likeness (QED) is 0.773. The van der Waals surface area contributed by atoms with Gasteiger partial charge in [-0.15, -0.1) is 0 Å². The van der Waals surface area contributed by atoms with E-state index in [1.54, 1.807) is 7.11 Å². The fraction of sp³-hybridized carbons (Fsp3) is 0.538. The minimum absolute atomic E-state index is 0.486. The molecule has 0 bridgehead atoms. The number of methoxy groups -OCH3 is 1.